The Morgan fingerprint density at radius 3 is 3.00 bits per heavy atom. The summed E-state index contributed by atoms with van der Waals surface area (Å²) >= 11 is 1.69. The summed E-state index contributed by atoms with van der Waals surface area (Å²) in [6.07, 6.45) is 5.11. The predicted molar refractivity (Wildman–Crippen MR) is 85.7 cm³/mol. The number of rotatable bonds is 7. The van der Waals surface area contributed by atoms with Gasteiger partial charge in [0.25, 0.3) is 0 Å². The molecule has 3 rings (SSSR count). The lowest BCUT2D eigenvalue weighted by molar-refractivity contribution is -0.133. The maximum atomic E-state index is 12.6. The minimum Gasteiger partial charge on any atom is -0.469 e. The van der Waals surface area contributed by atoms with E-state index >= 15 is 0 Å². The van der Waals surface area contributed by atoms with Gasteiger partial charge in [0.1, 0.15) is 5.76 Å². The number of thiophene rings is 1. The number of carbonyl (C=O) groups excluding carboxylic acids is 1. The fraction of sp³-hybridized carbons (Fsp3) is 0.471. The predicted octanol–water partition coefficient (Wildman–Crippen LogP) is 3.48. The van der Waals surface area contributed by atoms with E-state index in [0.717, 1.165) is 25.2 Å². The van der Waals surface area contributed by atoms with Gasteiger partial charge < -0.3 is 14.1 Å². The monoisotopic (exact) mass is 319 g/mol. The van der Waals surface area contributed by atoms with Gasteiger partial charge >= 0.3 is 0 Å². The maximum Gasteiger partial charge on any atom is 0.223 e. The summed E-state index contributed by atoms with van der Waals surface area (Å²) in [4.78, 5) is 15.7. The molecule has 1 amide bonds. The highest BCUT2D eigenvalue weighted by atomic mass is 32.1. The van der Waals surface area contributed by atoms with Crippen molar-refractivity contribution < 1.29 is 13.9 Å². The van der Waals surface area contributed by atoms with Crippen LogP contribution < -0.4 is 0 Å². The van der Waals surface area contributed by atoms with Crippen LogP contribution in [0.5, 0.6) is 0 Å². The van der Waals surface area contributed by atoms with E-state index in [1.165, 1.54) is 4.88 Å². The van der Waals surface area contributed by atoms with Crippen LogP contribution in [-0.4, -0.2) is 30.1 Å². The van der Waals surface area contributed by atoms with Gasteiger partial charge in [-0.15, -0.1) is 11.3 Å². The molecule has 0 radical (unpaired) electrons. The van der Waals surface area contributed by atoms with Crippen molar-refractivity contribution in [2.24, 2.45) is 0 Å². The Kier molecular flexibility index (Phi) is 5.29. The summed E-state index contributed by atoms with van der Waals surface area (Å²) in [6, 6.07) is 7.87. The topological polar surface area (TPSA) is 42.7 Å². The summed E-state index contributed by atoms with van der Waals surface area (Å²) in [7, 11) is 0. The molecular formula is C17H21NO3S. The van der Waals surface area contributed by atoms with Crippen molar-refractivity contribution in [2.45, 2.75) is 38.3 Å². The lowest BCUT2D eigenvalue weighted by atomic mass is 10.2. The molecule has 2 aromatic heterocycles. The van der Waals surface area contributed by atoms with Gasteiger partial charge in [0.05, 0.1) is 18.9 Å². The summed E-state index contributed by atoms with van der Waals surface area (Å²) in [5.74, 6) is 1.03. The summed E-state index contributed by atoms with van der Waals surface area (Å²) in [6.45, 7) is 2.18. The van der Waals surface area contributed by atoms with Crippen LogP contribution in [0.25, 0.3) is 0 Å². The molecule has 5 heteroatoms. The third kappa shape index (κ3) is 4.21. The Labute approximate surface area is 134 Å². The second-order valence-corrected chi connectivity index (χ2v) is 6.60. The number of nitrogens with zero attached hydrogens (tertiary/aromatic N) is 1. The minimum atomic E-state index is 0.167. The molecular weight excluding hydrogens is 298 g/mol. The molecule has 1 saturated heterocycles. The molecule has 1 aliphatic heterocycles. The summed E-state index contributed by atoms with van der Waals surface area (Å²) in [5.41, 5.74) is 0. The number of furan rings is 1. The Balaban J connectivity index is 1.59. The molecule has 1 aliphatic rings. The minimum absolute atomic E-state index is 0.167. The number of hydrogen-bond acceptors (Lipinski definition) is 4. The highest BCUT2D eigenvalue weighted by Crippen LogP contribution is 2.18. The number of ether oxygens (including phenoxy) is 1. The van der Waals surface area contributed by atoms with Gasteiger partial charge in [0, 0.05) is 30.9 Å². The Morgan fingerprint density at radius 1 is 1.36 bits per heavy atom. The smallest absolute Gasteiger partial charge is 0.223 e. The van der Waals surface area contributed by atoms with E-state index in [2.05, 4.69) is 6.07 Å². The molecule has 1 unspecified atom stereocenters. The molecule has 3 heterocycles. The van der Waals surface area contributed by atoms with Crippen LogP contribution in [0.3, 0.4) is 0 Å². The van der Waals surface area contributed by atoms with Crippen molar-refractivity contribution in [2.75, 3.05) is 13.2 Å². The molecule has 1 atom stereocenters. The van der Waals surface area contributed by atoms with Crippen LogP contribution in [0.2, 0.25) is 0 Å². The third-order valence-electron chi connectivity index (χ3n) is 3.89. The van der Waals surface area contributed by atoms with Crippen LogP contribution >= 0.6 is 11.3 Å². The molecule has 2 aromatic rings. The second kappa shape index (κ2) is 7.61. The largest absolute Gasteiger partial charge is 0.469 e. The maximum absolute atomic E-state index is 12.6. The van der Waals surface area contributed by atoms with Crippen molar-refractivity contribution in [1.29, 1.82) is 0 Å². The van der Waals surface area contributed by atoms with Crippen LogP contribution in [0.1, 0.15) is 29.9 Å². The third-order valence-corrected chi connectivity index (χ3v) is 4.75. The van der Waals surface area contributed by atoms with Gasteiger partial charge in [-0.2, -0.15) is 0 Å². The van der Waals surface area contributed by atoms with Crippen LogP contribution in [0.15, 0.2) is 40.3 Å². The Morgan fingerprint density at radius 2 is 2.32 bits per heavy atom. The van der Waals surface area contributed by atoms with Crippen molar-refractivity contribution in [3.8, 4) is 0 Å². The highest BCUT2D eigenvalue weighted by Gasteiger charge is 2.23. The highest BCUT2D eigenvalue weighted by molar-refractivity contribution is 7.09. The van der Waals surface area contributed by atoms with E-state index in [1.54, 1.807) is 17.6 Å². The van der Waals surface area contributed by atoms with Gasteiger partial charge in [0.15, 0.2) is 0 Å². The van der Waals surface area contributed by atoms with E-state index < -0.39 is 0 Å². The Hall–Kier alpha value is -1.59. The molecule has 1 fully saturated rings. The van der Waals surface area contributed by atoms with Gasteiger partial charge in [-0.1, -0.05) is 6.07 Å². The number of aryl methyl sites for hydroxylation is 1. The van der Waals surface area contributed by atoms with Gasteiger partial charge in [0.2, 0.25) is 5.91 Å². The van der Waals surface area contributed by atoms with E-state index in [9.17, 15) is 4.79 Å². The van der Waals surface area contributed by atoms with E-state index in [4.69, 9.17) is 9.15 Å². The van der Waals surface area contributed by atoms with Crippen LogP contribution in [0.4, 0.5) is 0 Å². The summed E-state index contributed by atoms with van der Waals surface area (Å²) < 4.78 is 11.0. The lowest BCUT2D eigenvalue weighted by Gasteiger charge is -2.25. The first-order chi connectivity index (χ1) is 10.8. The number of amides is 1. The first-order valence-corrected chi connectivity index (χ1v) is 8.63. The quantitative estimate of drug-likeness (QED) is 0.784. The molecule has 0 saturated carbocycles. The van der Waals surface area contributed by atoms with Crippen molar-refractivity contribution >= 4 is 17.2 Å². The van der Waals surface area contributed by atoms with Gasteiger partial charge in [-0.3, -0.25) is 4.79 Å². The first kappa shape index (κ1) is 15.3. The zero-order valence-electron chi connectivity index (χ0n) is 12.6. The second-order valence-electron chi connectivity index (χ2n) is 5.57. The van der Waals surface area contributed by atoms with Crippen LogP contribution in [0, 0.1) is 0 Å². The SMILES string of the molecule is O=C(CCc1ccco1)N(Cc1cccs1)CC1CCCO1. The molecule has 118 valence electrons. The van der Waals surface area contributed by atoms with E-state index in [1.807, 2.05) is 28.5 Å². The molecule has 0 bridgehead atoms. The fourth-order valence-corrected chi connectivity index (χ4v) is 3.44. The van der Waals surface area contributed by atoms with E-state index in [0.29, 0.717) is 25.9 Å². The van der Waals surface area contributed by atoms with Crippen molar-refractivity contribution in [3.05, 3.63) is 46.5 Å². The number of hydrogen-bond donors (Lipinski definition) is 0. The zero-order valence-corrected chi connectivity index (χ0v) is 13.4. The van der Waals surface area contributed by atoms with Gasteiger partial charge in [-0.25, -0.2) is 0 Å². The van der Waals surface area contributed by atoms with Crippen molar-refractivity contribution in [3.63, 3.8) is 0 Å². The molecule has 0 aromatic carbocycles. The standard InChI is InChI=1S/C17H21NO3S/c19-17(8-7-14-4-1-9-20-14)18(12-15-5-2-10-21-15)13-16-6-3-11-22-16/h1,3-4,6,9,11,15H,2,5,7-8,10,12-13H2. The zero-order chi connectivity index (χ0) is 15.2. The molecule has 4 nitrogen and oxygen atoms in total. The van der Waals surface area contributed by atoms with E-state index in [-0.39, 0.29) is 12.0 Å². The summed E-state index contributed by atoms with van der Waals surface area (Å²) in [5, 5.41) is 2.05. The average Bonchev–Trinajstić information content (AvgIpc) is 3.27. The molecule has 0 aliphatic carbocycles. The first-order valence-electron chi connectivity index (χ1n) is 7.75. The average molecular weight is 319 g/mol. The number of carbonyl (C=O) groups is 1. The lowest BCUT2D eigenvalue weighted by Crippen LogP contribution is -2.36. The molecule has 22 heavy (non-hydrogen) atoms. The Bertz CT molecular complexity index is 559. The van der Waals surface area contributed by atoms with Gasteiger partial charge in [-0.05, 0) is 36.4 Å². The van der Waals surface area contributed by atoms with Crippen LogP contribution in [-0.2, 0) is 22.5 Å². The normalized spacial score (nSPS) is 17.7. The fourth-order valence-electron chi connectivity index (χ4n) is 2.72. The van der Waals surface area contributed by atoms with Crippen molar-refractivity contribution in [1.82, 2.24) is 4.90 Å². The molecule has 0 N–H and O–H groups in total. The molecule has 0 spiro atoms.